The maximum atomic E-state index is 6.00. The summed E-state index contributed by atoms with van der Waals surface area (Å²) in [6.07, 6.45) is 3.85. The Morgan fingerprint density at radius 2 is 2.28 bits per heavy atom. The van der Waals surface area contributed by atoms with Crippen LogP contribution in [0.4, 0.5) is 0 Å². The Bertz CT molecular complexity index is 414. The molecule has 18 heavy (non-hydrogen) atoms. The SMILES string of the molecule is CCC(N)Cc1cc(C)nc(C2(C)CCCO2)n1. The molecule has 4 heteroatoms. The summed E-state index contributed by atoms with van der Waals surface area (Å²) in [5, 5.41) is 0. The Hall–Kier alpha value is -1.00. The number of nitrogens with zero attached hydrogens (tertiary/aromatic N) is 2. The normalized spacial score (nSPS) is 25.3. The monoisotopic (exact) mass is 249 g/mol. The fourth-order valence-corrected chi connectivity index (χ4v) is 2.34. The van der Waals surface area contributed by atoms with E-state index in [1.807, 2.05) is 13.0 Å². The summed E-state index contributed by atoms with van der Waals surface area (Å²) < 4.78 is 5.81. The lowest BCUT2D eigenvalue weighted by atomic mass is 10.0. The number of hydrogen-bond donors (Lipinski definition) is 1. The summed E-state index contributed by atoms with van der Waals surface area (Å²) >= 11 is 0. The zero-order valence-electron chi connectivity index (χ0n) is 11.6. The average Bonchev–Trinajstić information content (AvgIpc) is 2.76. The first-order valence-corrected chi connectivity index (χ1v) is 6.78. The number of aromatic nitrogens is 2. The third-order valence-electron chi connectivity index (χ3n) is 3.59. The van der Waals surface area contributed by atoms with Gasteiger partial charge in [-0.1, -0.05) is 6.92 Å². The Balaban J connectivity index is 2.26. The van der Waals surface area contributed by atoms with E-state index < -0.39 is 0 Å². The van der Waals surface area contributed by atoms with Gasteiger partial charge in [-0.2, -0.15) is 0 Å². The lowest BCUT2D eigenvalue weighted by molar-refractivity contribution is 0.00900. The first kappa shape index (κ1) is 13.4. The fourth-order valence-electron chi connectivity index (χ4n) is 2.34. The molecule has 4 nitrogen and oxygen atoms in total. The minimum atomic E-state index is -0.308. The lowest BCUT2D eigenvalue weighted by Crippen LogP contribution is -2.26. The zero-order valence-corrected chi connectivity index (χ0v) is 11.6. The molecular weight excluding hydrogens is 226 g/mol. The third kappa shape index (κ3) is 2.87. The zero-order chi connectivity index (χ0) is 13.2. The van der Waals surface area contributed by atoms with Crippen LogP contribution in [0.25, 0.3) is 0 Å². The van der Waals surface area contributed by atoms with Gasteiger partial charge in [0.25, 0.3) is 0 Å². The number of nitrogens with two attached hydrogens (primary N) is 1. The smallest absolute Gasteiger partial charge is 0.160 e. The Kier molecular flexibility index (Phi) is 3.97. The molecule has 1 aliphatic rings. The van der Waals surface area contributed by atoms with Crippen molar-refractivity contribution in [3.63, 3.8) is 0 Å². The van der Waals surface area contributed by atoms with Crippen molar-refractivity contribution < 1.29 is 4.74 Å². The number of aryl methyl sites for hydroxylation is 1. The predicted molar refractivity (Wildman–Crippen MR) is 71.3 cm³/mol. The first-order valence-electron chi connectivity index (χ1n) is 6.78. The van der Waals surface area contributed by atoms with Crippen LogP contribution in [0.2, 0.25) is 0 Å². The highest BCUT2D eigenvalue weighted by Gasteiger charge is 2.35. The van der Waals surface area contributed by atoms with Gasteiger partial charge in [0, 0.05) is 30.5 Å². The van der Waals surface area contributed by atoms with Crippen LogP contribution in [0, 0.1) is 6.92 Å². The average molecular weight is 249 g/mol. The molecule has 2 unspecified atom stereocenters. The molecule has 1 saturated heterocycles. The second-order valence-electron chi connectivity index (χ2n) is 5.38. The Morgan fingerprint density at radius 1 is 1.50 bits per heavy atom. The van der Waals surface area contributed by atoms with Gasteiger partial charge in [0.2, 0.25) is 0 Å². The van der Waals surface area contributed by atoms with E-state index in [0.29, 0.717) is 0 Å². The molecule has 0 amide bonds. The quantitative estimate of drug-likeness (QED) is 0.887. The highest BCUT2D eigenvalue weighted by Crippen LogP contribution is 2.33. The van der Waals surface area contributed by atoms with Gasteiger partial charge in [0.05, 0.1) is 0 Å². The molecule has 2 heterocycles. The van der Waals surface area contributed by atoms with Crippen LogP contribution in [-0.4, -0.2) is 22.6 Å². The summed E-state index contributed by atoms with van der Waals surface area (Å²) in [6.45, 7) is 6.99. The maximum Gasteiger partial charge on any atom is 0.160 e. The lowest BCUT2D eigenvalue weighted by Gasteiger charge is -2.22. The van der Waals surface area contributed by atoms with Gasteiger partial charge >= 0.3 is 0 Å². The highest BCUT2D eigenvalue weighted by atomic mass is 16.5. The van der Waals surface area contributed by atoms with Crippen LogP contribution in [0.15, 0.2) is 6.07 Å². The standard InChI is InChI=1S/C14H23N3O/c1-4-11(15)9-12-8-10(2)16-13(17-12)14(3)6-5-7-18-14/h8,11H,4-7,9,15H2,1-3H3. The molecule has 100 valence electrons. The maximum absolute atomic E-state index is 6.00. The topological polar surface area (TPSA) is 61.0 Å². The van der Waals surface area contributed by atoms with Crippen molar-refractivity contribution in [1.29, 1.82) is 0 Å². The third-order valence-corrected chi connectivity index (χ3v) is 3.59. The minimum absolute atomic E-state index is 0.171. The number of ether oxygens (including phenoxy) is 1. The summed E-state index contributed by atoms with van der Waals surface area (Å²) in [7, 11) is 0. The summed E-state index contributed by atoms with van der Waals surface area (Å²) in [5.41, 5.74) is 7.72. The molecule has 1 aromatic rings. The van der Waals surface area contributed by atoms with Crippen LogP contribution >= 0.6 is 0 Å². The molecule has 0 aromatic carbocycles. The molecule has 2 N–H and O–H groups in total. The molecule has 1 aliphatic heterocycles. The van der Waals surface area contributed by atoms with Crippen molar-refractivity contribution in [2.45, 2.75) is 58.1 Å². The molecule has 0 spiro atoms. The van der Waals surface area contributed by atoms with Crippen LogP contribution < -0.4 is 5.73 Å². The van der Waals surface area contributed by atoms with Crippen LogP contribution in [-0.2, 0) is 16.8 Å². The number of hydrogen-bond acceptors (Lipinski definition) is 4. The van der Waals surface area contributed by atoms with E-state index in [1.165, 1.54) is 0 Å². The van der Waals surface area contributed by atoms with Gasteiger partial charge in [-0.15, -0.1) is 0 Å². The fraction of sp³-hybridized carbons (Fsp3) is 0.714. The van der Waals surface area contributed by atoms with Crippen molar-refractivity contribution in [3.8, 4) is 0 Å². The Labute approximate surface area is 109 Å². The first-order chi connectivity index (χ1) is 8.53. The van der Waals surface area contributed by atoms with Crippen molar-refractivity contribution in [1.82, 2.24) is 9.97 Å². The van der Waals surface area contributed by atoms with E-state index in [-0.39, 0.29) is 11.6 Å². The van der Waals surface area contributed by atoms with Crippen molar-refractivity contribution in [2.75, 3.05) is 6.61 Å². The van der Waals surface area contributed by atoms with Gasteiger partial charge in [-0.3, -0.25) is 0 Å². The van der Waals surface area contributed by atoms with E-state index in [1.54, 1.807) is 0 Å². The van der Waals surface area contributed by atoms with E-state index in [4.69, 9.17) is 10.5 Å². The van der Waals surface area contributed by atoms with Crippen LogP contribution in [0.3, 0.4) is 0 Å². The van der Waals surface area contributed by atoms with Crippen LogP contribution in [0.5, 0.6) is 0 Å². The van der Waals surface area contributed by atoms with Gasteiger partial charge < -0.3 is 10.5 Å². The number of rotatable bonds is 4. The molecule has 0 aliphatic carbocycles. The summed E-state index contributed by atoms with van der Waals surface area (Å²) in [4.78, 5) is 9.20. The predicted octanol–water partition coefficient (Wildman–Crippen LogP) is 2.09. The van der Waals surface area contributed by atoms with Crippen LogP contribution in [0.1, 0.15) is 50.3 Å². The highest BCUT2D eigenvalue weighted by molar-refractivity contribution is 5.15. The summed E-state index contributed by atoms with van der Waals surface area (Å²) in [5.74, 6) is 0.818. The molecule has 0 radical (unpaired) electrons. The van der Waals surface area contributed by atoms with Crippen molar-refractivity contribution in [3.05, 3.63) is 23.3 Å². The molecule has 0 bridgehead atoms. The molecular formula is C14H23N3O. The van der Waals surface area contributed by atoms with Gasteiger partial charge in [0.15, 0.2) is 5.82 Å². The van der Waals surface area contributed by atoms with Gasteiger partial charge in [-0.05, 0) is 39.2 Å². The molecule has 2 atom stereocenters. The Morgan fingerprint density at radius 3 is 2.89 bits per heavy atom. The summed E-state index contributed by atoms with van der Waals surface area (Å²) in [6, 6.07) is 2.20. The molecule has 0 saturated carbocycles. The van der Waals surface area contributed by atoms with Crippen molar-refractivity contribution >= 4 is 0 Å². The second kappa shape index (κ2) is 5.33. The molecule has 1 aromatic heterocycles. The van der Waals surface area contributed by atoms with Gasteiger partial charge in [0.1, 0.15) is 5.60 Å². The van der Waals surface area contributed by atoms with Crippen molar-refractivity contribution in [2.24, 2.45) is 5.73 Å². The van der Waals surface area contributed by atoms with E-state index in [9.17, 15) is 0 Å². The molecule has 1 fully saturated rings. The van der Waals surface area contributed by atoms with E-state index >= 15 is 0 Å². The van der Waals surface area contributed by atoms with E-state index in [2.05, 4.69) is 23.8 Å². The van der Waals surface area contributed by atoms with Gasteiger partial charge in [-0.25, -0.2) is 9.97 Å². The minimum Gasteiger partial charge on any atom is -0.367 e. The second-order valence-corrected chi connectivity index (χ2v) is 5.38. The molecule has 2 rings (SSSR count). The largest absolute Gasteiger partial charge is 0.367 e. The van der Waals surface area contributed by atoms with E-state index in [0.717, 1.165) is 49.5 Å².